The lowest BCUT2D eigenvalue weighted by Crippen LogP contribution is -2.39. The van der Waals surface area contributed by atoms with Crippen molar-refractivity contribution in [2.45, 2.75) is 44.2 Å². The van der Waals surface area contributed by atoms with Gasteiger partial charge in [-0.3, -0.25) is 19.1 Å². The van der Waals surface area contributed by atoms with Gasteiger partial charge in [0.25, 0.3) is 5.56 Å². The number of thioether (sulfide) groups is 1. The highest BCUT2D eigenvalue weighted by molar-refractivity contribution is 7.98. The fourth-order valence-corrected chi connectivity index (χ4v) is 6.74. The van der Waals surface area contributed by atoms with Gasteiger partial charge < -0.3 is 10.1 Å². The number of ether oxygens (including phenoxy) is 1. The minimum atomic E-state index is -0.217. The number of nitrogens with zero attached hydrogens (tertiary/aromatic N) is 3. The Labute approximate surface area is 207 Å². The molecule has 7 nitrogen and oxygen atoms in total. The van der Waals surface area contributed by atoms with Crippen LogP contribution in [0.3, 0.4) is 0 Å². The summed E-state index contributed by atoms with van der Waals surface area (Å²) in [7, 11) is 0. The first kappa shape index (κ1) is 23.5. The summed E-state index contributed by atoms with van der Waals surface area (Å²) in [5.74, 6) is 1.06. The van der Waals surface area contributed by atoms with Crippen molar-refractivity contribution in [1.29, 1.82) is 0 Å². The van der Waals surface area contributed by atoms with Crippen LogP contribution in [0.2, 0.25) is 0 Å². The Kier molecular flexibility index (Phi) is 7.06. The first-order valence-electron chi connectivity index (χ1n) is 11.8. The summed E-state index contributed by atoms with van der Waals surface area (Å²) in [6.45, 7) is 5.67. The normalized spacial score (nSPS) is 18.7. The van der Waals surface area contributed by atoms with Crippen molar-refractivity contribution in [3.05, 3.63) is 50.9 Å². The number of aromatic nitrogens is 2. The van der Waals surface area contributed by atoms with Crippen molar-refractivity contribution in [2.24, 2.45) is 5.92 Å². The summed E-state index contributed by atoms with van der Waals surface area (Å²) in [6.07, 6.45) is 4.97. The average Bonchev–Trinajstić information content (AvgIpc) is 3.20. The predicted octanol–water partition coefficient (Wildman–Crippen LogP) is 3.78. The third-order valence-electron chi connectivity index (χ3n) is 6.65. The first-order valence-corrected chi connectivity index (χ1v) is 13.8. The van der Waals surface area contributed by atoms with Crippen LogP contribution in [0, 0.1) is 5.92 Å². The SMILES string of the molecule is CSc1ccccc1NC(=O)Cn1c(CN2CCOCC2)nc2sc3c(c2c1=O)CC[C@@H](C)C3. The molecule has 0 spiro atoms. The van der Waals surface area contributed by atoms with Gasteiger partial charge in [-0.1, -0.05) is 19.1 Å². The number of thiophene rings is 1. The molecule has 180 valence electrons. The van der Waals surface area contributed by atoms with Gasteiger partial charge in [0.2, 0.25) is 5.91 Å². The number of hydrogen-bond donors (Lipinski definition) is 1. The third-order valence-corrected chi connectivity index (χ3v) is 8.59. The van der Waals surface area contributed by atoms with Crippen molar-refractivity contribution >= 4 is 44.9 Å². The molecule has 1 amide bonds. The Balaban J connectivity index is 1.52. The number of anilines is 1. The smallest absolute Gasteiger partial charge is 0.263 e. The average molecular weight is 499 g/mol. The van der Waals surface area contributed by atoms with E-state index in [0.29, 0.717) is 31.5 Å². The van der Waals surface area contributed by atoms with Gasteiger partial charge in [-0.25, -0.2) is 4.98 Å². The molecule has 0 bridgehead atoms. The summed E-state index contributed by atoms with van der Waals surface area (Å²) >= 11 is 3.24. The van der Waals surface area contributed by atoms with Gasteiger partial charge in [-0.15, -0.1) is 23.1 Å². The van der Waals surface area contributed by atoms with Crippen molar-refractivity contribution in [3.63, 3.8) is 0 Å². The summed E-state index contributed by atoms with van der Waals surface area (Å²) < 4.78 is 7.08. The van der Waals surface area contributed by atoms with Crippen LogP contribution in [-0.4, -0.2) is 52.9 Å². The highest BCUT2D eigenvalue weighted by atomic mass is 32.2. The number of rotatable bonds is 6. The minimum Gasteiger partial charge on any atom is -0.379 e. The van der Waals surface area contributed by atoms with Crippen molar-refractivity contribution < 1.29 is 9.53 Å². The molecule has 0 radical (unpaired) electrons. The van der Waals surface area contributed by atoms with Gasteiger partial charge >= 0.3 is 0 Å². The van der Waals surface area contributed by atoms with Crippen LogP contribution >= 0.6 is 23.1 Å². The highest BCUT2D eigenvalue weighted by Gasteiger charge is 2.26. The Morgan fingerprint density at radius 3 is 2.88 bits per heavy atom. The maximum atomic E-state index is 13.8. The number of aryl methyl sites for hydroxylation is 1. The van der Waals surface area contributed by atoms with Gasteiger partial charge in [0, 0.05) is 22.9 Å². The van der Waals surface area contributed by atoms with Gasteiger partial charge in [-0.2, -0.15) is 0 Å². The van der Waals surface area contributed by atoms with E-state index in [-0.39, 0.29) is 18.0 Å². The van der Waals surface area contributed by atoms with E-state index in [9.17, 15) is 9.59 Å². The number of amides is 1. The molecule has 1 aliphatic carbocycles. The predicted molar refractivity (Wildman–Crippen MR) is 138 cm³/mol. The quantitative estimate of drug-likeness (QED) is 0.522. The van der Waals surface area contributed by atoms with E-state index in [1.54, 1.807) is 27.7 Å². The van der Waals surface area contributed by atoms with E-state index in [1.807, 2.05) is 30.5 Å². The molecule has 1 atom stereocenters. The van der Waals surface area contributed by atoms with Crippen LogP contribution in [0.5, 0.6) is 0 Å². The van der Waals surface area contributed by atoms with Crippen LogP contribution in [0.4, 0.5) is 5.69 Å². The number of fused-ring (bicyclic) bond motifs is 3. The van der Waals surface area contributed by atoms with Gasteiger partial charge in [0.15, 0.2) is 0 Å². The molecule has 0 unspecified atom stereocenters. The monoisotopic (exact) mass is 498 g/mol. The number of hydrogen-bond acceptors (Lipinski definition) is 7. The number of carbonyl (C=O) groups excluding carboxylic acids is 1. The Morgan fingerprint density at radius 2 is 2.09 bits per heavy atom. The maximum Gasteiger partial charge on any atom is 0.263 e. The zero-order valence-electron chi connectivity index (χ0n) is 19.6. The number of morpholine rings is 1. The zero-order valence-corrected chi connectivity index (χ0v) is 21.3. The molecule has 2 aliphatic rings. The molecule has 0 saturated carbocycles. The van der Waals surface area contributed by atoms with E-state index >= 15 is 0 Å². The number of benzene rings is 1. The van der Waals surface area contributed by atoms with E-state index in [2.05, 4.69) is 17.1 Å². The lowest BCUT2D eigenvalue weighted by Gasteiger charge is -2.27. The topological polar surface area (TPSA) is 76.5 Å². The number of para-hydroxylation sites is 1. The summed E-state index contributed by atoms with van der Waals surface area (Å²) in [4.78, 5) is 37.2. The fourth-order valence-electron chi connectivity index (χ4n) is 4.79. The van der Waals surface area contributed by atoms with Crippen LogP contribution in [0.15, 0.2) is 34.0 Å². The fraction of sp³-hybridized carbons (Fsp3) is 0.480. The Morgan fingerprint density at radius 1 is 1.29 bits per heavy atom. The highest BCUT2D eigenvalue weighted by Crippen LogP contribution is 2.36. The van der Waals surface area contributed by atoms with Crippen molar-refractivity contribution in [2.75, 3.05) is 37.9 Å². The van der Waals surface area contributed by atoms with E-state index in [4.69, 9.17) is 9.72 Å². The molecular formula is C25H30N4O3S2. The molecule has 3 aromatic rings. The molecule has 1 N–H and O–H groups in total. The lowest BCUT2D eigenvalue weighted by atomic mass is 9.89. The lowest BCUT2D eigenvalue weighted by molar-refractivity contribution is -0.116. The second-order valence-electron chi connectivity index (χ2n) is 9.09. The van der Waals surface area contributed by atoms with Crippen LogP contribution in [0.25, 0.3) is 10.2 Å². The second-order valence-corrected chi connectivity index (χ2v) is 11.0. The Bertz CT molecular complexity index is 1260. The zero-order chi connectivity index (χ0) is 23.7. The molecular weight excluding hydrogens is 468 g/mol. The molecule has 1 aromatic carbocycles. The summed E-state index contributed by atoms with van der Waals surface area (Å²) in [5.41, 5.74) is 1.82. The molecule has 9 heteroatoms. The molecule has 2 aromatic heterocycles. The molecule has 5 rings (SSSR count). The van der Waals surface area contributed by atoms with E-state index in [1.165, 1.54) is 4.88 Å². The third kappa shape index (κ3) is 4.79. The van der Waals surface area contributed by atoms with Crippen LogP contribution < -0.4 is 10.9 Å². The molecule has 1 aliphatic heterocycles. The second kappa shape index (κ2) is 10.2. The Hall–Kier alpha value is -2.20. The van der Waals surface area contributed by atoms with Gasteiger partial charge in [-0.05, 0) is 49.1 Å². The van der Waals surface area contributed by atoms with E-state index in [0.717, 1.165) is 58.7 Å². The summed E-state index contributed by atoms with van der Waals surface area (Å²) in [6, 6.07) is 7.71. The van der Waals surface area contributed by atoms with Crippen LogP contribution in [-0.2, 0) is 35.5 Å². The molecule has 3 heterocycles. The molecule has 1 fully saturated rings. The standard InChI is InChI=1S/C25H30N4O3S2/c1-16-7-8-17-20(13-16)34-24-23(17)25(31)29(21(27-24)14-28-9-11-32-12-10-28)15-22(30)26-18-5-3-4-6-19(18)33-2/h3-6,16H,7-15H2,1-2H3,(H,26,30)/t16-/m1/s1. The van der Waals surface area contributed by atoms with E-state index < -0.39 is 0 Å². The summed E-state index contributed by atoms with van der Waals surface area (Å²) in [5, 5.41) is 3.72. The van der Waals surface area contributed by atoms with Gasteiger partial charge in [0.05, 0.1) is 30.8 Å². The molecule has 34 heavy (non-hydrogen) atoms. The maximum absolute atomic E-state index is 13.8. The minimum absolute atomic E-state index is 0.0504. The number of carbonyl (C=O) groups is 1. The van der Waals surface area contributed by atoms with Crippen molar-refractivity contribution in [3.8, 4) is 0 Å². The molecule has 1 saturated heterocycles. The largest absolute Gasteiger partial charge is 0.379 e. The van der Waals surface area contributed by atoms with Crippen molar-refractivity contribution in [1.82, 2.24) is 14.5 Å². The number of nitrogens with one attached hydrogen (secondary N) is 1. The first-order chi connectivity index (χ1) is 16.5. The van der Waals surface area contributed by atoms with Crippen LogP contribution in [0.1, 0.15) is 29.6 Å². The van der Waals surface area contributed by atoms with Gasteiger partial charge in [0.1, 0.15) is 17.2 Å².